The second-order valence-electron chi connectivity index (χ2n) is 3.99. The molecular formula is C13H15ClN2O. The first kappa shape index (κ1) is 11.9. The number of aryl methyl sites for hydroxylation is 1. The van der Waals surface area contributed by atoms with Gasteiger partial charge in [-0.2, -0.15) is 0 Å². The zero-order valence-electron chi connectivity index (χ0n) is 10.1. The highest BCUT2D eigenvalue weighted by molar-refractivity contribution is 6.31. The Morgan fingerprint density at radius 1 is 1.24 bits per heavy atom. The van der Waals surface area contributed by atoms with Crippen molar-refractivity contribution >= 4 is 17.3 Å². The molecule has 1 aromatic carbocycles. The number of nitrogens with zero attached hydrogens (tertiary/aromatic N) is 1. The molecule has 0 aliphatic heterocycles. The summed E-state index contributed by atoms with van der Waals surface area (Å²) in [6, 6.07) is 7.53. The largest absolute Gasteiger partial charge is 0.494 e. The molecule has 3 nitrogen and oxygen atoms in total. The zero-order chi connectivity index (χ0) is 12.6. The Morgan fingerprint density at radius 2 is 1.94 bits per heavy atom. The van der Waals surface area contributed by atoms with Crippen LogP contribution in [0.25, 0.3) is 5.69 Å². The lowest BCUT2D eigenvalue weighted by atomic mass is 10.2. The molecule has 0 saturated carbocycles. The van der Waals surface area contributed by atoms with Gasteiger partial charge in [0.25, 0.3) is 0 Å². The molecule has 0 aliphatic rings. The molecule has 0 fully saturated rings. The molecule has 17 heavy (non-hydrogen) atoms. The Bertz CT molecular complexity index is 561. The van der Waals surface area contributed by atoms with Gasteiger partial charge in [0.05, 0.1) is 17.8 Å². The summed E-state index contributed by atoms with van der Waals surface area (Å²) in [5, 5.41) is 0.751. The van der Waals surface area contributed by atoms with Gasteiger partial charge in [0.15, 0.2) is 0 Å². The molecule has 0 saturated heterocycles. The third-order valence-electron chi connectivity index (χ3n) is 2.81. The Morgan fingerprint density at radius 3 is 2.47 bits per heavy atom. The molecule has 2 rings (SSSR count). The van der Waals surface area contributed by atoms with Crippen LogP contribution in [0.2, 0.25) is 5.02 Å². The zero-order valence-corrected chi connectivity index (χ0v) is 10.9. The molecule has 1 aromatic heterocycles. The number of nitrogen functional groups attached to an aromatic ring is 1. The number of ether oxygens (including phenoxy) is 1. The van der Waals surface area contributed by atoms with Gasteiger partial charge in [-0.25, -0.2) is 0 Å². The molecule has 4 heteroatoms. The van der Waals surface area contributed by atoms with E-state index in [1.165, 1.54) is 0 Å². The summed E-state index contributed by atoms with van der Waals surface area (Å²) in [6.07, 6.45) is 0. The molecule has 0 aliphatic carbocycles. The molecule has 0 spiro atoms. The average molecular weight is 251 g/mol. The average Bonchev–Trinajstić information content (AvgIpc) is 2.54. The monoisotopic (exact) mass is 250 g/mol. The van der Waals surface area contributed by atoms with Crippen molar-refractivity contribution in [2.24, 2.45) is 0 Å². The first-order valence-electron chi connectivity index (χ1n) is 5.33. The maximum absolute atomic E-state index is 6.13. The lowest BCUT2D eigenvalue weighted by Crippen LogP contribution is -2.02. The van der Waals surface area contributed by atoms with Crippen LogP contribution in [0.3, 0.4) is 0 Å². The molecule has 0 atom stereocenters. The van der Waals surface area contributed by atoms with Crippen LogP contribution >= 0.6 is 11.6 Å². The molecule has 2 N–H and O–H groups in total. The van der Waals surface area contributed by atoms with Gasteiger partial charge in [-0.1, -0.05) is 11.6 Å². The number of halogens is 1. The minimum atomic E-state index is 0.680. The van der Waals surface area contributed by atoms with Crippen molar-refractivity contribution in [3.8, 4) is 11.4 Å². The van der Waals surface area contributed by atoms with E-state index in [0.717, 1.165) is 27.8 Å². The summed E-state index contributed by atoms with van der Waals surface area (Å²) >= 11 is 6.13. The van der Waals surface area contributed by atoms with Gasteiger partial charge in [-0.15, -0.1) is 0 Å². The van der Waals surface area contributed by atoms with Crippen LogP contribution in [0.15, 0.2) is 24.3 Å². The van der Waals surface area contributed by atoms with Crippen LogP contribution in [0.1, 0.15) is 11.4 Å². The third kappa shape index (κ3) is 1.98. The fourth-order valence-corrected chi connectivity index (χ4v) is 2.22. The topological polar surface area (TPSA) is 40.2 Å². The highest BCUT2D eigenvalue weighted by atomic mass is 35.5. The molecule has 0 amide bonds. The Labute approximate surface area is 106 Å². The van der Waals surface area contributed by atoms with Crippen molar-refractivity contribution in [2.75, 3.05) is 12.8 Å². The minimum Gasteiger partial charge on any atom is -0.494 e. The number of hydrogen-bond donors (Lipinski definition) is 1. The fraction of sp³-hybridized carbons (Fsp3) is 0.231. The van der Waals surface area contributed by atoms with Gasteiger partial charge < -0.3 is 15.0 Å². The number of nitrogens with two attached hydrogens (primary N) is 1. The van der Waals surface area contributed by atoms with Gasteiger partial charge in [0.2, 0.25) is 0 Å². The number of benzene rings is 1. The first-order chi connectivity index (χ1) is 8.04. The van der Waals surface area contributed by atoms with Crippen LogP contribution < -0.4 is 10.5 Å². The van der Waals surface area contributed by atoms with E-state index in [1.807, 2.05) is 38.1 Å². The summed E-state index contributed by atoms with van der Waals surface area (Å²) in [6.45, 7) is 3.99. The SMILES string of the molecule is COc1cc(N)ccc1-n1c(C)cc(Cl)c1C. The molecular weight excluding hydrogens is 236 g/mol. The summed E-state index contributed by atoms with van der Waals surface area (Å²) in [4.78, 5) is 0. The number of anilines is 1. The van der Waals surface area contributed by atoms with E-state index >= 15 is 0 Å². The van der Waals surface area contributed by atoms with Crippen LogP contribution in [0, 0.1) is 13.8 Å². The molecule has 1 heterocycles. The van der Waals surface area contributed by atoms with Crippen molar-refractivity contribution in [3.05, 3.63) is 40.7 Å². The highest BCUT2D eigenvalue weighted by Gasteiger charge is 2.12. The second kappa shape index (κ2) is 4.34. The van der Waals surface area contributed by atoms with Crippen molar-refractivity contribution in [1.29, 1.82) is 0 Å². The van der Waals surface area contributed by atoms with Gasteiger partial charge in [-0.05, 0) is 32.0 Å². The van der Waals surface area contributed by atoms with E-state index in [-0.39, 0.29) is 0 Å². The molecule has 2 aromatic rings. The van der Waals surface area contributed by atoms with Crippen molar-refractivity contribution < 1.29 is 4.74 Å². The van der Waals surface area contributed by atoms with E-state index in [9.17, 15) is 0 Å². The van der Waals surface area contributed by atoms with Crippen LogP contribution in [-0.2, 0) is 0 Å². The van der Waals surface area contributed by atoms with Gasteiger partial charge in [0.1, 0.15) is 5.75 Å². The smallest absolute Gasteiger partial charge is 0.144 e. The molecule has 0 bridgehead atoms. The van der Waals surface area contributed by atoms with Crippen LogP contribution in [0.4, 0.5) is 5.69 Å². The lowest BCUT2D eigenvalue weighted by molar-refractivity contribution is 0.413. The Balaban J connectivity index is 2.68. The van der Waals surface area contributed by atoms with E-state index in [2.05, 4.69) is 4.57 Å². The number of methoxy groups -OCH3 is 1. The second-order valence-corrected chi connectivity index (χ2v) is 4.39. The van der Waals surface area contributed by atoms with Crippen molar-refractivity contribution in [2.45, 2.75) is 13.8 Å². The third-order valence-corrected chi connectivity index (χ3v) is 3.20. The lowest BCUT2D eigenvalue weighted by Gasteiger charge is -2.14. The maximum Gasteiger partial charge on any atom is 0.144 e. The van der Waals surface area contributed by atoms with Crippen LogP contribution in [-0.4, -0.2) is 11.7 Å². The Kier molecular flexibility index (Phi) is 3.03. The van der Waals surface area contributed by atoms with E-state index < -0.39 is 0 Å². The molecule has 0 radical (unpaired) electrons. The normalized spacial score (nSPS) is 10.6. The summed E-state index contributed by atoms with van der Waals surface area (Å²) in [7, 11) is 1.63. The van der Waals surface area contributed by atoms with Gasteiger partial charge in [-0.3, -0.25) is 0 Å². The van der Waals surface area contributed by atoms with Crippen LogP contribution in [0.5, 0.6) is 5.75 Å². The Hall–Kier alpha value is -1.61. The molecule has 90 valence electrons. The summed E-state index contributed by atoms with van der Waals surface area (Å²) in [5.41, 5.74) is 9.43. The minimum absolute atomic E-state index is 0.680. The number of rotatable bonds is 2. The standard InChI is InChI=1S/C13H15ClN2O/c1-8-6-11(14)9(2)16(8)12-5-4-10(15)7-13(12)17-3/h4-7H,15H2,1-3H3. The van der Waals surface area contributed by atoms with Crippen molar-refractivity contribution in [3.63, 3.8) is 0 Å². The fourth-order valence-electron chi connectivity index (χ4n) is 1.97. The number of hydrogen-bond acceptors (Lipinski definition) is 2. The first-order valence-corrected chi connectivity index (χ1v) is 5.70. The van der Waals surface area contributed by atoms with E-state index in [0.29, 0.717) is 5.69 Å². The predicted molar refractivity (Wildman–Crippen MR) is 71.2 cm³/mol. The van der Waals surface area contributed by atoms with Crippen molar-refractivity contribution in [1.82, 2.24) is 4.57 Å². The predicted octanol–water partition coefficient (Wildman–Crippen LogP) is 3.34. The summed E-state index contributed by atoms with van der Waals surface area (Å²) in [5.74, 6) is 0.739. The maximum atomic E-state index is 6.13. The van der Waals surface area contributed by atoms with Gasteiger partial charge in [0, 0.05) is 23.1 Å². The van der Waals surface area contributed by atoms with E-state index in [1.54, 1.807) is 7.11 Å². The van der Waals surface area contributed by atoms with E-state index in [4.69, 9.17) is 22.1 Å². The highest BCUT2D eigenvalue weighted by Crippen LogP contribution is 2.31. The quantitative estimate of drug-likeness (QED) is 0.831. The van der Waals surface area contributed by atoms with Gasteiger partial charge >= 0.3 is 0 Å². The summed E-state index contributed by atoms with van der Waals surface area (Å²) < 4.78 is 7.41. The number of aromatic nitrogens is 1. The molecule has 0 unspecified atom stereocenters.